The second-order valence-electron chi connectivity index (χ2n) is 4.31. The Bertz CT molecular complexity index is 658. The molecule has 0 bridgehead atoms. The van der Waals surface area contributed by atoms with E-state index in [9.17, 15) is 18.9 Å². The minimum Gasteiger partial charge on any atom is -0.439 e. The molecule has 0 spiro atoms. The summed E-state index contributed by atoms with van der Waals surface area (Å²) in [4.78, 5) is 13.7. The lowest BCUT2D eigenvalue weighted by atomic mass is 10.1. The third-order valence-electron chi connectivity index (χ3n) is 2.77. The molecule has 0 saturated heterocycles. The number of benzene rings is 1. The Kier molecular flexibility index (Phi) is 4.59. The van der Waals surface area contributed by atoms with Gasteiger partial charge in [0.25, 0.3) is 0 Å². The van der Waals surface area contributed by atoms with E-state index in [2.05, 4.69) is 10.3 Å². The first-order valence-corrected chi connectivity index (χ1v) is 6.32. The monoisotopic (exact) mass is 297 g/mol. The van der Waals surface area contributed by atoms with Gasteiger partial charge >= 0.3 is 5.69 Å². The molecule has 112 valence electrons. The molecule has 0 fully saturated rings. The van der Waals surface area contributed by atoms with Crippen LogP contribution in [0.1, 0.15) is 19.2 Å². The van der Waals surface area contributed by atoms with Crippen LogP contribution in [0.25, 0.3) is 11.3 Å². The molecule has 0 aliphatic rings. The molecule has 1 N–H and O–H groups in total. The van der Waals surface area contributed by atoms with Gasteiger partial charge in [-0.25, -0.2) is 9.37 Å². The zero-order valence-corrected chi connectivity index (χ0v) is 11.2. The van der Waals surface area contributed by atoms with Crippen molar-refractivity contribution >= 4 is 5.69 Å². The smallest absolute Gasteiger partial charge is 0.305 e. The van der Waals surface area contributed by atoms with Gasteiger partial charge in [0.05, 0.1) is 23.2 Å². The first-order valence-electron chi connectivity index (χ1n) is 6.32. The number of halogens is 2. The molecule has 1 aromatic carbocycles. The predicted octanol–water partition coefficient (Wildman–Crippen LogP) is 3.03. The van der Waals surface area contributed by atoms with Gasteiger partial charge in [0.1, 0.15) is 5.82 Å². The lowest BCUT2D eigenvalue weighted by molar-refractivity contribution is -0.387. The van der Waals surface area contributed by atoms with Gasteiger partial charge in [0.15, 0.2) is 5.76 Å². The fraction of sp³-hybridized carbons (Fsp3) is 0.308. The molecule has 2 aromatic rings. The second-order valence-corrected chi connectivity index (χ2v) is 4.31. The first-order chi connectivity index (χ1) is 10.0. The average molecular weight is 297 g/mol. The molecule has 2 rings (SSSR count). The van der Waals surface area contributed by atoms with Crippen molar-refractivity contribution in [2.24, 2.45) is 0 Å². The van der Waals surface area contributed by atoms with Crippen LogP contribution in [-0.2, 0) is 6.54 Å². The van der Waals surface area contributed by atoms with E-state index < -0.39 is 27.8 Å². The number of oxazole rings is 1. The number of nitro groups is 1. The van der Waals surface area contributed by atoms with E-state index in [1.54, 1.807) is 0 Å². The lowest BCUT2D eigenvalue weighted by Crippen LogP contribution is -2.13. The van der Waals surface area contributed by atoms with Crippen LogP contribution >= 0.6 is 0 Å². The van der Waals surface area contributed by atoms with E-state index >= 15 is 0 Å². The van der Waals surface area contributed by atoms with Crippen LogP contribution in [0.3, 0.4) is 0 Å². The molecule has 0 radical (unpaired) electrons. The van der Waals surface area contributed by atoms with Crippen molar-refractivity contribution in [3.05, 3.63) is 46.0 Å². The van der Waals surface area contributed by atoms with Crippen LogP contribution < -0.4 is 5.32 Å². The highest BCUT2D eigenvalue weighted by Crippen LogP contribution is 2.31. The fourth-order valence-corrected chi connectivity index (χ4v) is 1.79. The Hall–Kier alpha value is -2.35. The average Bonchev–Trinajstić information content (AvgIpc) is 2.87. The van der Waals surface area contributed by atoms with Gasteiger partial charge in [0.2, 0.25) is 11.7 Å². The van der Waals surface area contributed by atoms with Gasteiger partial charge in [-0.2, -0.15) is 4.39 Å². The molecule has 0 saturated carbocycles. The first kappa shape index (κ1) is 15.0. The van der Waals surface area contributed by atoms with Gasteiger partial charge in [-0.05, 0) is 19.0 Å². The number of hydrogen-bond donors (Lipinski definition) is 1. The molecule has 0 aliphatic carbocycles. The quantitative estimate of drug-likeness (QED) is 0.503. The SMILES string of the molecule is CCCNCc1ncc(-c2c(F)ccc([N+](=O)[O-])c2F)o1. The Morgan fingerprint density at radius 2 is 2.19 bits per heavy atom. The lowest BCUT2D eigenvalue weighted by Gasteiger charge is -2.02. The standard InChI is InChI=1S/C13H13F2N3O3/c1-2-5-16-7-11-17-6-10(21-11)12-8(14)3-4-9(13(12)15)18(19)20/h3-4,6,16H,2,5,7H2,1H3. The minimum atomic E-state index is -1.27. The zero-order valence-electron chi connectivity index (χ0n) is 11.2. The van der Waals surface area contributed by atoms with Gasteiger partial charge in [0, 0.05) is 6.07 Å². The Labute approximate surface area is 118 Å². The highest BCUT2D eigenvalue weighted by molar-refractivity contribution is 5.62. The predicted molar refractivity (Wildman–Crippen MR) is 70.5 cm³/mol. The molecule has 0 unspecified atom stereocenters. The van der Waals surface area contributed by atoms with Crippen LogP contribution in [0, 0.1) is 21.7 Å². The number of rotatable bonds is 6. The maximum Gasteiger partial charge on any atom is 0.305 e. The summed E-state index contributed by atoms with van der Waals surface area (Å²) < 4.78 is 33.0. The topological polar surface area (TPSA) is 81.2 Å². The second kappa shape index (κ2) is 6.40. The van der Waals surface area contributed by atoms with Gasteiger partial charge in [-0.1, -0.05) is 6.92 Å². The van der Waals surface area contributed by atoms with Gasteiger partial charge in [-0.15, -0.1) is 0 Å². The summed E-state index contributed by atoms with van der Waals surface area (Å²) in [6.07, 6.45) is 2.07. The van der Waals surface area contributed by atoms with Crippen molar-refractivity contribution in [3.8, 4) is 11.3 Å². The van der Waals surface area contributed by atoms with Crippen LogP contribution in [-0.4, -0.2) is 16.5 Å². The van der Waals surface area contributed by atoms with Crippen molar-refractivity contribution in [3.63, 3.8) is 0 Å². The number of nitro benzene ring substituents is 1. The van der Waals surface area contributed by atoms with E-state index in [1.165, 1.54) is 0 Å². The summed E-state index contributed by atoms with van der Waals surface area (Å²) >= 11 is 0. The third kappa shape index (κ3) is 3.22. The van der Waals surface area contributed by atoms with Crippen LogP contribution in [0.2, 0.25) is 0 Å². The Morgan fingerprint density at radius 1 is 1.43 bits per heavy atom. The van der Waals surface area contributed by atoms with Crippen molar-refractivity contribution < 1.29 is 18.1 Å². The van der Waals surface area contributed by atoms with Crippen LogP contribution in [0.5, 0.6) is 0 Å². The normalized spacial score (nSPS) is 10.8. The summed E-state index contributed by atoms with van der Waals surface area (Å²) in [5.74, 6) is -2.14. The highest BCUT2D eigenvalue weighted by Gasteiger charge is 2.24. The maximum atomic E-state index is 14.0. The van der Waals surface area contributed by atoms with E-state index in [4.69, 9.17) is 4.42 Å². The summed E-state index contributed by atoms with van der Waals surface area (Å²) in [5.41, 5.74) is -1.40. The molecule has 1 aromatic heterocycles. The van der Waals surface area contributed by atoms with E-state index in [0.29, 0.717) is 6.54 Å². The maximum absolute atomic E-state index is 14.0. The molecule has 0 aliphatic heterocycles. The summed E-state index contributed by atoms with van der Waals surface area (Å²) in [6, 6.07) is 1.60. The molecular formula is C13H13F2N3O3. The van der Waals surface area contributed by atoms with Crippen molar-refractivity contribution in [1.29, 1.82) is 0 Å². The van der Waals surface area contributed by atoms with Gasteiger partial charge < -0.3 is 9.73 Å². The number of nitrogens with zero attached hydrogens (tertiary/aromatic N) is 2. The number of aromatic nitrogens is 1. The number of hydrogen-bond acceptors (Lipinski definition) is 5. The minimum absolute atomic E-state index is 0.179. The molecule has 21 heavy (non-hydrogen) atoms. The number of nitrogens with one attached hydrogen (secondary N) is 1. The van der Waals surface area contributed by atoms with Crippen LogP contribution in [0.4, 0.5) is 14.5 Å². The molecule has 0 amide bonds. The van der Waals surface area contributed by atoms with Crippen molar-refractivity contribution in [1.82, 2.24) is 10.3 Å². The van der Waals surface area contributed by atoms with E-state index in [1.807, 2.05) is 6.92 Å². The summed E-state index contributed by atoms with van der Waals surface area (Å²) in [5, 5.41) is 13.7. The van der Waals surface area contributed by atoms with Crippen molar-refractivity contribution in [2.45, 2.75) is 19.9 Å². The molecular weight excluding hydrogens is 284 g/mol. The fourth-order valence-electron chi connectivity index (χ4n) is 1.79. The van der Waals surface area contributed by atoms with E-state index in [0.717, 1.165) is 31.3 Å². The Morgan fingerprint density at radius 3 is 2.86 bits per heavy atom. The summed E-state index contributed by atoms with van der Waals surface area (Å²) in [7, 11) is 0. The molecule has 0 atom stereocenters. The largest absolute Gasteiger partial charge is 0.439 e. The van der Waals surface area contributed by atoms with Crippen molar-refractivity contribution in [2.75, 3.05) is 6.54 Å². The molecule has 8 heteroatoms. The summed E-state index contributed by atoms with van der Waals surface area (Å²) in [6.45, 7) is 3.05. The molecule has 1 heterocycles. The highest BCUT2D eigenvalue weighted by atomic mass is 19.1. The van der Waals surface area contributed by atoms with E-state index in [-0.39, 0.29) is 11.7 Å². The zero-order chi connectivity index (χ0) is 15.4. The molecule has 6 nitrogen and oxygen atoms in total. The van der Waals surface area contributed by atoms with Gasteiger partial charge in [-0.3, -0.25) is 10.1 Å². The van der Waals surface area contributed by atoms with Crippen LogP contribution in [0.15, 0.2) is 22.7 Å². The Balaban J connectivity index is 2.33. The third-order valence-corrected chi connectivity index (χ3v) is 2.77.